The minimum absolute atomic E-state index is 0.178. The van der Waals surface area contributed by atoms with Crippen LogP contribution in [0.4, 0.5) is 10.6 Å². The van der Waals surface area contributed by atoms with Crippen LogP contribution in [0, 0.1) is 6.92 Å². The highest BCUT2D eigenvalue weighted by Gasteiger charge is 2.40. The molecular formula is C15H21N3O2S. The SMILES string of the molecule is CCSc1cc2c(nc1C)N1[C@H](C2)CN(C(=O)O)C[C@H]1C. The Morgan fingerprint density at radius 1 is 1.52 bits per heavy atom. The largest absolute Gasteiger partial charge is 0.465 e. The summed E-state index contributed by atoms with van der Waals surface area (Å²) in [5.74, 6) is 2.10. The molecule has 21 heavy (non-hydrogen) atoms. The molecule has 0 saturated carbocycles. The van der Waals surface area contributed by atoms with Crippen molar-refractivity contribution in [2.24, 2.45) is 0 Å². The number of rotatable bonds is 2. The zero-order valence-corrected chi connectivity index (χ0v) is 13.5. The molecule has 2 atom stereocenters. The summed E-state index contributed by atoms with van der Waals surface area (Å²) in [6.07, 6.45) is 0.0809. The van der Waals surface area contributed by atoms with Crippen molar-refractivity contribution < 1.29 is 9.90 Å². The Labute approximate surface area is 129 Å². The number of aryl methyl sites for hydroxylation is 1. The molecule has 1 saturated heterocycles. The molecule has 1 aromatic heterocycles. The summed E-state index contributed by atoms with van der Waals surface area (Å²) < 4.78 is 0. The quantitative estimate of drug-likeness (QED) is 0.851. The first kappa shape index (κ1) is 14.5. The van der Waals surface area contributed by atoms with E-state index in [9.17, 15) is 9.90 Å². The Morgan fingerprint density at radius 2 is 2.29 bits per heavy atom. The third kappa shape index (κ3) is 2.46. The van der Waals surface area contributed by atoms with E-state index in [4.69, 9.17) is 4.98 Å². The average Bonchev–Trinajstić information content (AvgIpc) is 2.77. The van der Waals surface area contributed by atoms with Gasteiger partial charge in [-0.1, -0.05) is 6.92 Å². The van der Waals surface area contributed by atoms with E-state index >= 15 is 0 Å². The molecule has 114 valence electrons. The minimum atomic E-state index is -0.816. The molecule has 5 nitrogen and oxygen atoms in total. The average molecular weight is 307 g/mol. The summed E-state index contributed by atoms with van der Waals surface area (Å²) >= 11 is 1.82. The topological polar surface area (TPSA) is 56.7 Å². The molecular weight excluding hydrogens is 286 g/mol. The number of aromatic nitrogens is 1. The number of hydrogen-bond donors (Lipinski definition) is 1. The van der Waals surface area contributed by atoms with Crippen LogP contribution in [0.3, 0.4) is 0 Å². The van der Waals surface area contributed by atoms with Gasteiger partial charge in [0.05, 0.1) is 11.7 Å². The van der Waals surface area contributed by atoms with Crippen molar-refractivity contribution in [3.8, 4) is 0 Å². The van der Waals surface area contributed by atoms with Crippen LogP contribution >= 0.6 is 11.8 Å². The fourth-order valence-corrected chi connectivity index (χ4v) is 4.22. The Hall–Kier alpha value is -1.43. The predicted octanol–water partition coefficient (Wildman–Crippen LogP) is 2.62. The third-order valence-electron chi connectivity index (χ3n) is 4.28. The van der Waals surface area contributed by atoms with Crippen molar-refractivity contribution in [2.45, 2.75) is 44.2 Å². The van der Waals surface area contributed by atoms with Gasteiger partial charge >= 0.3 is 6.09 Å². The Bertz CT molecular complexity index is 578. The number of anilines is 1. The molecule has 2 aliphatic rings. The maximum Gasteiger partial charge on any atom is 0.407 e. The molecule has 0 radical (unpaired) electrons. The van der Waals surface area contributed by atoms with E-state index in [1.165, 1.54) is 15.4 Å². The molecule has 1 aromatic rings. The Kier molecular flexibility index (Phi) is 3.73. The van der Waals surface area contributed by atoms with Gasteiger partial charge in [-0.15, -0.1) is 11.8 Å². The van der Waals surface area contributed by atoms with Crippen molar-refractivity contribution in [3.05, 3.63) is 17.3 Å². The lowest BCUT2D eigenvalue weighted by molar-refractivity contribution is 0.128. The molecule has 1 amide bonds. The summed E-state index contributed by atoms with van der Waals surface area (Å²) in [7, 11) is 0. The van der Waals surface area contributed by atoms with Crippen LogP contribution in [-0.4, -0.2) is 52.0 Å². The summed E-state index contributed by atoms with van der Waals surface area (Å²) in [5, 5.41) is 9.24. The number of piperazine rings is 1. The lowest BCUT2D eigenvalue weighted by Gasteiger charge is -2.42. The lowest BCUT2D eigenvalue weighted by atomic mass is 10.1. The van der Waals surface area contributed by atoms with Gasteiger partial charge in [0.1, 0.15) is 5.82 Å². The fraction of sp³-hybridized carbons (Fsp3) is 0.600. The number of pyridine rings is 1. The first-order chi connectivity index (χ1) is 10.0. The maximum atomic E-state index is 11.2. The Morgan fingerprint density at radius 3 is 2.95 bits per heavy atom. The molecule has 2 aliphatic heterocycles. The number of amides is 1. The van der Waals surface area contributed by atoms with E-state index in [1.807, 2.05) is 11.8 Å². The second-order valence-corrected chi connectivity index (χ2v) is 7.10. The van der Waals surface area contributed by atoms with E-state index in [0.717, 1.165) is 23.7 Å². The highest BCUT2D eigenvalue weighted by atomic mass is 32.2. The van der Waals surface area contributed by atoms with Gasteiger partial charge in [0, 0.05) is 24.0 Å². The number of hydrogen-bond acceptors (Lipinski definition) is 4. The molecule has 0 aliphatic carbocycles. The molecule has 0 unspecified atom stereocenters. The predicted molar refractivity (Wildman–Crippen MR) is 84.4 cm³/mol. The smallest absolute Gasteiger partial charge is 0.407 e. The maximum absolute atomic E-state index is 11.2. The molecule has 0 bridgehead atoms. The normalized spacial score (nSPS) is 24.0. The van der Waals surface area contributed by atoms with Crippen LogP contribution in [-0.2, 0) is 6.42 Å². The van der Waals surface area contributed by atoms with Gasteiger partial charge in [-0.2, -0.15) is 0 Å². The van der Waals surface area contributed by atoms with Crippen molar-refractivity contribution in [3.63, 3.8) is 0 Å². The second-order valence-electron chi connectivity index (χ2n) is 5.79. The molecule has 3 rings (SSSR count). The van der Waals surface area contributed by atoms with E-state index in [1.54, 1.807) is 0 Å². The number of carbonyl (C=O) groups is 1. The van der Waals surface area contributed by atoms with Gasteiger partial charge in [0.25, 0.3) is 0 Å². The van der Waals surface area contributed by atoms with Crippen LogP contribution in [0.5, 0.6) is 0 Å². The van der Waals surface area contributed by atoms with Gasteiger partial charge < -0.3 is 14.9 Å². The van der Waals surface area contributed by atoms with Crippen LogP contribution in [0.25, 0.3) is 0 Å². The van der Waals surface area contributed by atoms with E-state index in [2.05, 4.69) is 31.7 Å². The second kappa shape index (κ2) is 5.40. The first-order valence-corrected chi connectivity index (χ1v) is 8.39. The molecule has 0 aromatic carbocycles. The lowest BCUT2D eigenvalue weighted by Crippen LogP contribution is -2.57. The number of thioether (sulfide) groups is 1. The summed E-state index contributed by atoms with van der Waals surface area (Å²) in [6, 6.07) is 2.66. The molecule has 0 spiro atoms. The highest BCUT2D eigenvalue weighted by molar-refractivity contribution is 7.99. The van der Waals surface area contributed by atoms with Crippen LogP contribution in [0.2, 0.25) is 0 Å². The molecule has 3 heterocycles. The van der Waals surface area contributed by atoms with Crippen molar-refractivity contribution in [2.75, 3.05) is 23.7 Å². The summed E-state index contributed by atoms with van der Waals surface area (Å²) in [4.78, 5) is 21.2. The molecule has 1 fully saturated rings. The van der Waals surface area contributed by atoms with Gasteiger partial charge in [0.15, 0.2) is 0 Å². The van der Waals surface area contributed by atoms with Crippen LogP contribution in [0.15, 0.2) is 11.0 Å². The van der Waals surface area contributed by atoms with Crippen molar-refractivity contribution in [1.29, 1.82) is 0 Å². The standard InChI is InChI=1S/C15H21N3O2S/c1-4-21-13-6-11-5-12-8-17(15(19)20)7-9(2)18(12)14(11)16-10(13)3/h6,9,12H,4-5,7-8H2,1-3H3,(H,19,20)/t9-,12-/m1/s1. The number of carboxylic acid groups (broad SMARTS) is 1. The number of fused-ring (bicyclic) bond motifs is 3. The zero-order valence-electron chi connectivity index (χ0n) is 12.7. The number of nitrogens with zero attached hydrogens (tertiary/aromatic N) is 3. The van der Waals surface area contributed by atoms with Gasteiger partial charge in [-0.3, -0.25) is 0 Å². The monoisotopic (exact) mass is 307 g/mol. The minimum Gasteiger partial charge on any atom is -0.465 e. The van der Waals surface area contributed by atoms with Gasteiger partial charge in [-0.05, 0) is 37.7 Å². The Balaban J connectivity index is 1.92. The summed E-state index contributed by atoms with van der Waals surface area (Å²) in [5.41, 5.74) is 2.34. The zero-order chi connectivity index (χ0) is 15.1. The highest BCUT2D eigenvalue weighted by Crippen LogP contribution is 2.38. The fourth-order valence-electron chi connectivity index (χ4n) is 3.43. The van der Waals surface area contributed by atoms with E-state index in [-0.39, 0.29) is 12.1 Å². The van der Waals surface area contributed by atoms with E-state index in [0.29, 0.717) is 13.1 Å². The molecule has 6 heteroatoms. The summed E-state index contributed by atoms with van der Waals surface area (Å²) in [6.45, 7) is 7.42. The first-order valence-electron chi connectivity index (χ1n) is 7.40. The molecule has 1 N–H and O–H groups in total. The van der Waals surface area contributed by atoms with Crippen molar-refractivity contribution in [1.82, 2.24) is 9.88 Å². The van der Waals surface area contributed by atoms with E-state index < -0.39 is 6.09 Å². The third-order valence-corrected chi connectivity index (χ3v) is 5.29. The van der Waals surface area contributed by atoms with Crippen LogP contribution < -0.4 is 4.90 Å². The van der Waals surface area contributed by atoms with Gasteiger partial charge in [-0.25, -0.2) is 9.78 Å². The van der Waals surface area contributed by atoms with Gasteiger partial charge in [0.2, 0.25) is 0 Å². The van der Waals surface area contributed by atoms with Crippen LogP contribution in [0.1, 0.15) is 25.1 Å². The van der Waals surface area contributed by atoms with Crippen molar-refractivity contribution >= 4 is 23.7 Å².